The number of carbonyl (C=O) groups is 2. The summed E-state index contributed by atoms with van der Waals surface area (Å²) in [5.41, 5.74) is 1.14. The Labute approximate surface area is 232 Å². The normalized spacial score (nSPS) is 13.7. The second-order valence-electron chi connectivity index (χ2n) is 9.83. The molecule has 40 heavy (non-hydrogen) atoms. The van der Waals surface area contributed by atoms with Gasteiger partial charge in [-0.3, -0.25) is 24.6 Å². The van der Waals surface area contributed by atoms with Crippen molar-refractivity contribution in [1.82, 2.24) is 14.7 Å². The molecule has 0 radical (unpaired) electrons. The molecule has 10 nitrogen and oxygen atoms in total. The van der Waals surface area contributed by atoms with E-state index in [-0.39, 0.29) is 49.2 Å². The van der Waals surface area contributed by atoms with Gasteiger partial charge in [-0.1, -0.05) is 18.2 Å². The van der Waals surface area contributed by atoms with Gasteiger partial charge in [0, 0.05) is 49.9 Å². The highest BCUT2D eigenvalue weighted by molar-refractivity contribution is 5.97. The summed E-state index contributed by atoms with van der Waals surface area (Å²) in [6.45, 7) is 6.87. The third kappa shape index (κ3) is 7.73. The Morgan fingerprint density at radius 3 is 2.38 bits per heavy atom. The van der Waals surface area contributed by atoms with Crippen molar-refractivity contribution in [3.05, 3.63) is 98.7 Å². The Hall–Kier alpha value is -4.09. The van der Waals surface area contributed by atoms with Crippen molar-refractivity contribution in [2.45, 2.75) is 26.9 Å². The van der Waals surface area contributed by atoms with Gasteiger partial charge in [0.15, 0.2) is 0 Å². The number of halogens is 1. The topological polar surface area (TPSA) is 109 Å². The molecule has 2 heterocycles. The number of nitrogens with zero attached hydrogens (tertiary/aromatic N) is 4. The molecule has 4 rings (SSSR count). The Morgan fingerprint density at radius 1 is 1.00 bits per heavy atom. The van der Waals surface area contributed by atoms with Crippen LogP contribution >= 0.6 is 0 Å². The molecule has 1 aromatic heterocycles. The minimum atomic E-state index is -0.523. The lowest BCUT2D eigenvalue weighted by Crippen LogP contribution is -2.47. The minimum absolute atomic E-state index is 0.138. The van der Waals surface area contributed by atoms with Crippen LogP contribution in [0.5, 0.6) is 0 Å². The van der Waals surface area contributed by atoms with E-state index < -0.39 is 10.8 Å². The summed E-state index contributed by atoms with van der Waals surface area (Å²) in [5, 5.41) is 11.5. The number of nitro benzene ring substituents is 1. The second-order valence-corrected chi connectivity index (χ2v) is 9.83. The number of hydrogen-bond donors (Lipinski definition) is 0. The average molecular weight is 553 g/mol. The van der Waals surface area contributed by atoms with Crippen LogP contribution in [0.3, 0.4) is 0 Å². The summed E-state index contributed by atoms with van der Waals surface area (Å²) in [7, 11) is 0. The van der Waals surface area contributed by atoms with Gasteiger partial charge in [0.25, 0.3) is 11.6 Å². The van der Waals surface area contributed by atoms with Crippen molar-refractivity contribution >= 4 is 17.5 Å². The molecule has 0 unspecified atom stereocenters. The molecule has 11 heteroatoms. The number of benzene rings is 2. The molecule has 0 atom stereocenters. The molecule has 0 N–H and O–H groups in total. The zero-order chi connectivity index (χ0) is 28.6. The molecule has 1 fully saturated rings. The van der Waals surface area contributed by atoms with E-state index in [1.807, 2.05) is 6.92 Å². The summed E-state index contributed by atoms with van der Waals surface area (Å²) in [6, 6.07) is 13.8. The molecule has 2 amide bonds. The molecule has 1 aliphatic rings. The third-order valence-electron chi connectivity index (χ3n) is 6.84. The molecule has 1 saturated heterocycles. The number of carbonyl (C=O) groups excluding carboxylic acids is 2. The summed E-state index contributed by atoms with van der Waals surface area (Å²) >= 11 is 0. The van der Waals surface area contributed by atoms with Crippen LogP contribution in [0.25, 0.3) is 0 Å². The van der Waals surface area contributed by atoms with Crippen LogP contribution in [0.4, 0.5) is 10.1 Å². The maximum absolute atomic E-state index is 13.7. The number of rotatable bonds is 11. The van der Waals surface area contributed by atoms with Gasteiger partial charge in [0.05, 0.1) is 24.7 Å². The van der Waals surface area contributed by atoms with Crippen LogP contribution in [0.2, 0.25) is 0 Å². The van der Waals surface area contributed by atoms with Crippen molar-refractivity contribution < 1.29 is 28.1 Å². The Balaban J connectivity index is 1.58. The van der Waals surface area contributed by atoms with Crippen molar-refractivity contribution in [3.8, 4) is 0 Å². The smallest absolute Gasteiger partial charge is 0.273 e. The molecule has 0 saturated carbocycles. The first-order valence-electron chi connectivity index (χ1n) is 13.1. The first kappa shape index (κ1) is 28.9. The quantitative estimate of drug-likeness (QED) is 0.262. The Bertz CT molecular complexity index is 1340. The highest BCUT2D eigenvalue weighted by Crippen LogP contribution is 2.21. The largest absolute Gasteiger partial charge is 0.464 e. The van der Waals surface area contributed by atoms with Crippen LogP contribution < -0.4 is 0 Å². The van der Waals surface area contributed by atoms with E-state index in [9.17, 15) is 24.1 Å². The fraction of sp³-hybridized carbons (Fsp3) is 0.379. The number of morpholine rings is 1. The molecule has 2 aromatic carbocycles. The van der Waals surface area contributed by atoms with Crippen LogP contribution in [0.1, 0.15) is 33.0 Å². The highest BCUT2D eigenvalue weighted by atomic mass is 19.1. The standard InChI is InChI=1S/C29H33FN4O6/c1-21-3-7-24(17-27(21)34(37)38)29(36)32(12-11-31-13-15-39-16-14-31)20-28(35)33(19-26-10-4-22(2)40-26)18-23-5-8-25(30)9-6-23/h3-10,17H,11-16,18-20H2,1-2H3. The van der Waals surface area contributed by atoms with E-state index in [0.717, 1.165) is 5.56 Å². The van der Waals surface area contributed by atoms with E-state index in [1.54, 1.807) is 42.2 Å². The number of furan rings is 1. The van der Waals surface area contributed by atoms with Gasteiger partial charge in [-0.15, -0.1) is 0 Å². The zero-order valence-electron chi connectivity index (χ0n) is 22.7. The monoisotopic (exact) mass is 552 g/mol. The van der Waals surface area contributed by atoms with Gasteiger partial charge < -0.3 is 19.0 Å². The van der Waals surface area contributed by atoms with E-state index >= 15 is 0 Å². The van der Waals surface area contributed by atoms with Crippen molar-refractivity contribution in [2.24, 2.45) is 0 Å². The predicted octanol–water partition coefficient (Wildman–Crippen LogP) is 3.95. The number of nitro groups is 1. The number of aryl methyl sites for hydroxylation is 2. The lowest BCUT2D eigenvalue weighted by Gasteiger charge is -2.31. The Kier molecular flexibility index (Phi) is 9.62. The SMILES string of the molecule is Cc1ccc(CN(Cc2ccc(F)cc2)C(=O)CN(CCN2CCOCC2)C(=O)c2ccc(C)c([N+](=O)[O-])c2)o1. The fourth-order valence-corrected chi connectivity index (χ4v) is 4.52. The number of hydrogen-bond acceptors (Lipinski definition) is 7. The summed E-state index contributed by atoms with van der Waals surface area (Å²) in [4.78, 5) is 43.5. The molecule has 212 valence electrons. The summed E-state index contributed by atoms with van der Waals surface area (Å²) < 4.78 is 24.6. The molecule has 0 bridgehead atoms. The van der Waals surface area contributed by atoms with E-state index in [2.05, 4.69) is 4.90 Å². The van der Waals surface area contributed by atoms with Gasteiger partial charge in [0.2, 0.25) is 5.91 Å². The maximum Gasteiger partial charge on any atom is 0.273 e. The lowest BCUT2D eigenvalue weighted by molar-refractivity contribution is -0.385. The third-order valence-corrected chi connectivity index (χ3v) is 6.84. The van der Waals surface area contributed by atoms with Crippen molar-refractivity contribution in [2.75, 3.05) is 45.9 Å². The first-order valence-corrected chi connectivity index (χ1v) is 13.1. The molecule has 0 spiro atoms. The second kappa shape index (κ2) is 13.3. The lowest BCUT2D eigenvalue weighted by atomic mass is 10.1. The van der Waals surface area contributed by atoms with Crippen LogP contribution in [-0.4, -0.2) is 77.4 Å². The average Bonchev–Trinajstić information content (AvgIpc) is 3.36. The number of amides is 2. The van der Waals surface area contributed by atoms with Gasteiger partial charge in [0.1, 0.15) is 23.9 Å². The molecular weight excluding hydrogens is 519 g/mol. The Morgan fingerprint density at radius 2 is 1.73 bits per heavy atom. The molecule has 3 aromatic rings. The van der Waals surface area contributed by atoms with Gasteiger partial charge in [-0.2, -0.15) is 0 Å². The van der Waals surface area contributed by atoms with Crippen LogP contribution in [0.15, 0.2) is 59.0 Å². The van der Waals surface area contributed by atoms with Crippen LogP contribution in [0, 0.1) is 29.8 Å². The fourth-order valence-electron chi connectivity index (χ4n) is 4.52. The molecule has 1 aliphatic heterocycles. The zero-order valence-corrected chi connectivity index (χ0v) is 22.7. The van der Waals surface area contributed by atoms with E-state index in [1.165, 1.54) is 29.2 Å². The van der Waals surface area contributed by atoms with E-state index in [0.29, 0.717) is 49.9 Å². The van der Waals surface area contributed by atoms with Crippen molar-refractivity contribution in [3.63, 3.8) is 0 Å². The maximum atomic E-state index is 13.7. The van der Waals surface area contributed by atoms with Gasteiger partial charge in [-0.05, 0) is 49.7 Å². The van der Waals surface area contributed by atoms with E-state index in [4.69, 9.17) is 9.15 Å². The molecular formula is C29H33FN4O6. The molecule has 0 aliphatic carbocycles. The van der Waals surface area contributed by atoms with Gasteiger partial charge in [-0.25, -0.2) is 4.39 Å². The minimum Gasteiger partial charge on any atom is -0.464 e. The predicted molar refractivity (Wildman–Crippen MR) is 145 cm³/mol. The number of ether oxygens (including phenoxy) is 1. The first-order chi connectivity index (χ1) is 19.2. The highest BCUT2D eigenvalue weighted by Gasteiger charge is 2.26. The summed E-state index contributed by atoms with van der Waals surface area (Å²) in [6.07, 6.45) is 0. The van der Waals surface area contributed by atoms with Crippen LogP contribution in [-0.2, 0) is 22.6 Å². The van der Waals surface area contributed by atoms with Gasteiger partial charge >= 0.3 is 0 Å². The van der Waals surface area contributed by atoms with Crippen molar-refractivity contribution in [1.29, 1.82) is 0 Å². The summed E-state index contributed by atoms with van der Waals surface area (Å²) in [5.74, 6) is 0.0896.